The molecule has 74 valence electrons. The first kappa shape index (κ1) is 10.6. The van der Waals surface area contributed by atoms with E-state index in [9.17, 15) is 4.79 Å². The summed E-state index contributed by atoms with van der Waals surface area (Å²) in [6, 6.07) is 0. The third kappa shape index (κ3) is 3.39. The molecule has 0 heterocycles. The average Bonchev–Trinajstić information content (AvgIpc) is 2.09. The molecule has 0 aromatic carbocycles. The van der Waals surface area contributed by atoms with Crippen LogP contribution in [0.2, 0.25) is 0 Å². The van der Waals surface area contributed by atoms with Gasteiger partial charge >= 0.3 is 5.97 Å². The third-order valence-electron chi connectivity index (χ3n) is 2.17. The number of carbonyl (C=O) groups is 1. The summed E-state index contributed by atoms with van der Waals surface area (Å²) < 4.78 is 4.82. The van der Waals surface area contributed by atoms with E-state index in [1.807, 2.05) is 0 Å². The molecule has 1 fully saturated rings. The monoisotopic (exact) mass is 202 g/mol. The lowest BCUT2D eigenvalue weighted by Crippen LogP contribution is -2.12. The highest BCUT2D eigenvalue weighted by Crippen LogP contribution is 2.27. The maximum absolute atomic E-state index is 11.1. The van der Waals surface area contributed by atoms with E-state index in [4.69, 9.17) is 16.3 Å². The molecule has 13 heavy (non-hydrogen) atoms. The Morgan fingerprint density at radius 3 is 3.08 bits per heavy atom. The lowest BCUT2D eigenvalue weighted by Gasteiger charge is -2.19. The highest BCUT2D eigenvalue weighted by atomic mass is 35.5. The summed E-state index contributed by atoms with van der Waals surface area (Å²) in [6.45, 7) is 2.23. The van der Waals surface area contributed by atoms with Crippen molar-refractivity contribution in [2.75, 3.05) is 6.61 Å². The molecule has 1 rings (SSSR count). The number of carbonyl (C=O) groups excluding carboxylic acids is 1. The summed E-state index contributed by atoms with van der Waals surface area (Å²) in [5.74, 6) is -0.259. The molecule has 0 saturated heterocycles. The van der Waals surface area contributed by atoms with Gasteiger partial charge in [0.2, 0.25) is 0 Å². The Kier molecular flexibility index (Phi) is 4.29. The molecule has 0 aromatic heterocycles. The minimum Gasteiger partial charge on any atom is -0.463 e. The molecule has 0 aromatic rings. The van der Waals surface area contributed by atoms with Gasteiger partial charge in [-0.05, 0) is 31.8 Å². The van der Waals surface area contributed by atoms with Gasteiger partial charge in [-0.1, -0.05) is 6.42 Å². The minimum atomic E-state index is -0.259. The highest BCUT2D eigenvalue weighted by Gasteiger charge is 2.17. The average molecular weight is 203 g/mol. The second kappa shape index (κ2) is 5.28. The first-order valence-electron chi connectivity index (χ1n) is 4.75. The van der Waals surface area contributed by atoms with Gasteiger partial charge < -0.3 is 4.74 Å². The summed E-state index contributed by atoms with van der Waals surface area (Å²) in [6.07, 6.45) is 5.77. The summed E-state index contributed by atoms with van der Waals surface area (Å²) in [7, 11) is 0. The molecule has 2 nitrogen and oxygen atoms in total. The molecule has 0 N–H and O–H groups in total. The van der Waals surface area contributed by atoms with Crippen LogP contribution in [0.25, 0.3) is 0 Å². The Morgan fingerprint density at radius 1 is 1.69 bits per heavy atom. The van der Waals surface area contributed by atoms with Crippen molar-refractivity contribution in [3.63, 3.8) is 0 Å². The van der Waals surface area contributed by atoms with E-state index in [-0.39, 0.29) is 11.3 Å². The topological polar surface area (TPSA) is 26.3 Å². The Morgan fingerprint density at radius 2 is 2.46 bits per heavy atom. The summed E-state index contributed by atoms with van der Waals surface area (Å²) in [5, 5.41) is 0.0400. The predicted octanol–water partition coefficient (Wildman–Crippen LogP) is 2.66. The number of rotatable bonds is 2. The Bertz CT molecular complexity index is 211. The third-order valence-corrected chi connectivity index (χ3v) is 2.66. The minimum absolute atomic E-state index is 0.0400. The number of alkyl halides is 1. The van der Waals surface area contributed by atoms with Crippen molar-refractivity contribution in [3.05, 3.63) is 11.6 Å². The van der Waals surface area contributed by atoms with E-state index >= 15 is 0 Å². The van der Waals surface area contributed by atoms with Crippen LogP contribution in [0.3, 0.4) is 0 Å². The second-order valence-corrected chi connectivity index (χ2v) is 3.71. The van der Waals surface area contributed by atoms with Crippen molar-refractivity contribution in [3.8, 4) is 0 Å². The Hall–Kier alpha value is -0.500. The molecule has 1 unspecified atom stereocenters. The lowest BCUT2D eigenvalue weighted by atomic mass is 9.94. The zero-order chi connectivity index (χ0) is 9.68. The number of hydrogen-bond donors (Lipinski definition) is 0. The largest absolute Gasteiger partial charge is 0.463 e. The molecule has 3 heteroatoms. The van der Waals surface area contributed by atoms with E-state index in [2.05, 4.69) is 0 Å². The van der Waals surface area contributed by atoms with Gasteiger partial charge in [0.1, 0.15) is 0 Å². The van der Waals surface area contributed by atoms with Crippen molar-refractivity contribution in [1.29, 1.82) is 0 Å². The molecule has 1 saturated carbocycles. The number of allylic oxidation sites excluding steroid dienone is 1. The number of halogens is 1. The number of ether oxygens (including phenoxy) is 1. The molecule has 0 spiro atoms. The van der Waals surface area contributed by atoms with E-state index in [0.29, 0.717) is 6.61 Å². The van der Waals surface area contributed by atoms with Crippen LogP contribution in [0.5, 0.6) is 0 Å². The molecule has 1 atom stereocenters. The zero-order valence-electron chi connectivity index (χ0n) is 7.88. The van der Waals surface area contributed by atoms with Crippen LogP contribution in [0, 0.1) is 0 Å². The van der Waals surface area contributed by atoms with Gasteiger partial charge in [0.25, 0.3) is 0 Å². The van der Waals surface area contributed by atoms with Crippen molar-refractivity contribution in [1.82, 2.24) is 0 Å². The molecular formula is C10H15ClO2. The van der Waals surface area contributed by atoms with Gasteiger partial charge in [-0.25, -0.2) is 4.79 Å². The molecule has 0 radical (unpaired) electrons. The van der Waals surface area contributed by atoms with Crippen LogP contribution in [-0.2, 0) is 9.53 Å². The van der Waals surface area contributed by atoms with Gasteiger partial charge in [0.15, 0.2) is 0 Å². The Labute approximate surface area is 83.9 Å². The number of esters is 1. The number of hydrogen-bond acceptors (Lipinski definition) is 2. The first-order valence-corrected chi connectivity index (χ1v) is 5.19. The summed E-state index contributed by atoms with van der Waals surface area (Å²) >= 11 is 6.05. The van der Waals surface area contributed by atoms with Crippen LogP contribution < -0.4 is 0 Å². The van der Waals surface area contributed by atoms with E-state index in [1.165, 1.54) is 0 Å². The molecule has 0 bridgehead atoms. The van der Waals surface area contributed by atoms with E-state index < -0.39 is 0 Å². The van der Waals surface area contributed by atoms with Crippen LogP contribution >= 0.6 is 11.6 Å². The fraction of sp³-hybridized carbons (Fsp3) is 0.700. The fourth-order valence-corrected chi connectivity index (χ4v) is 1.82. The maximum Gasteiger partial charge on any atom is 0.330 e. The summed E-state index contributed by atoms with van der Waals surface area (Å²) in [5.41, 5.74) is 1.03. The lowest BCUT2D eigenvalue weighted by molar-refractivity contribution is -0.137. The normalized spacial score (nSPS) is 26.0. The van der Waals surface area contributed by atoms with Gasteiger partial charge in [-0.2, -0.15) is 0 Å². The van der Waals surface area contributed by atoms with Gasteiger partial charge in [0.05, 0.1) is 12.0 Å². The SMILES string of the molecule is CCOC(=O)/C=C1/CCCCC1Cl. The molecular weight excluding hydrogens is 188 g/mol. The molecule has 1 aliphatic carbocycles. The molecule has 1 aliphatic rings. The quantitative estimate of drug-likeness (QED) is 0.391. The van der Waals surface area contributed by atoms with Crippen LogP contribution in [0.15, 0.2) is 11.6 Å². The van der Waals surface area contributed by atoms with Crippen molar-refractivity contribution < 1.29 is 9.53 Å². The fourth-order valence-electron chi connectivity index (χ4n) is 1.49. The van der Waals surface area contributed by atoms with Crippen molar-refractivity contribution in [2.24, 2.45) is 0 Å². The highest BCUT2D eigenvalue weighted by molar-refractivity contribution is 6.22. The first-order chi connectivity index (χ1) is 6.24. The van der Waals surface area contributed by atoms with E-state index in [1.54, 1.807) is 13.0 Å². The van der Waals surface area contributed by atoms with Crippen molar-refractivity contribution in [2.45, 2.75) is 38.0 Å². The van der Waals surface area contributed by atoms with Crippen LogP contribution in [-0.4, -0.2) is 18.0 Å². The van der Waals surface area contributed by atoms with Crippen molar-refractivity contribution >= 4 is 17.6 Å². The van der Waals surface area contributed by atoms with Crippen LogP contribution in [0.1, 0.15) is 32.6 Å². The second-order valence-electron chi connectivity index (χ2n) is 3.18. The van der Waals surface area contributed by atoms with Gasteiger partial charge in [-0.3, -0.25) is 0 Å². The van der Waals surface area contributed by atoms with E-state index in [0.717, 1.165) is 31.3 Å². The molecule has 0 aliphatic heterocycles. The zero-order valence-corrected chi connectivity index (χ0v) is 8.64. The van der Waals surface area contributed by atoms with Crippen LogP contribution in [0.4, 0.5) is 0 Å². The maximum atomic E-state index is 11.1. The standard InChI is InChI=1S/C10H15ClO2/c1-2-13-10(12)7-8-5-3-4-6-9(8)11/h7,9H,2-6H2,1H3/b8-7-. The van der Waals surface area contributed by atoms with Gasteiger partial charge in [0, 0.05) is 6.08 Å². The van der Waals surface area contributed by atoms with Gasteiger partial charge in [-0.15, -0.1) is 11.6 Å². The predicted molar refractivity (Wildman–Crippen MR) is 52.8 cm³/mol. The Balaban J connectivity index is 2.52. The molecule has 0 amide bonds. The summed E-state index contributed by atoms with van der Waals surface area (Å²) in [4.78, 5) is 11.1. The smallest absolute Gasteiger partial charge is 0.330 e.